The number of halogens is 2. The van der Waals surface area contributed by atoms with E-state index in [2.05, 4.69) is 0 Å². The number of aliphatic carboxylic acids is 1. The Balaban J connectivity index is 2.32. The van der Waals surface area contributed by atoms with Crippen LogP contribution in [0.5, 0.6) is 0 Å². The Morgan fingerprint density at radius 2 is 1.84 bits per heavy atom. The lowest BCUT2D eigenvalue weighted by molar-refractivity contribution is -0.138. The van der Waals surface area contributed by atoms with E-state index in [0.29, 0.717) is 5.56 Å². The average Bonchev–Trinajstić information content (AvgIpc) is 2.37. The summed E-state index contributed by atoms with van der Waals surface area (Å²) in [5.74, 6) is -3.15. The maximum Gasteiger partial charge on any atom is 0.311 e. The third-order valence-corrected chi connectivity index (χ3v) is 2.91. The fourth-order valence-corrected chi connectivity index (χ4v) is 1.99. The van der Waals surface area contributed by atoms with Crippen LogP contribution in [0.25, 0.3) is 0 Å². The molecule has 0 bridgehead atoms. The maximum absolute atomic E-state index is 13.6. The Bertz CT molecular complexity index is 596. The van der Waals surface area contributed by atoms with Crippen LogP contribution in [0.4, 0.5) is 8.78 Å². The van der Waals surface area contributed by atoms with Gasteiger partial charge in [0, 0.05) is 5.56 Å². The van der Waals surface area contributed by atoms with Crippen molar-refractivity contribution in [3.05, 3.63) is 71.3 Å². The number of hydrogen-bond donors (Lipinski definition) is 1. The van der Waals surface area contributed by atoms with Gasteiger partial charge in [0.05, 0.1) is 5.92 Å². The van der Waals surface area contributed by atoms with Crippen LogP contribution in [-0.2, 0) is 11.2 Å². The lowest BCUT2D eigenvalue weighted by Gasteiger charge is -2.13. The van der Waals surface area contributed by atoms with E-state index >= 15 is 0 Å². The summed E-state index contributed by atoms with van der Waals surface area (Å²) >= 11 is 0. The van der Waals surface area contributed by atoms with E-state index in [0.717, 1.165) is 0 Å². The zero-order chi connectivity index (χ0) is 13.8. The van der Waals surface area contributed by atoms with Gasteiger partial charge in [-0.15, -0.1) is 0 Å². The molecule has 0 aliphatic rings. The molecule has 0 spiro atoms. The van der Waals surface area contributed by atoms with Crippen molar-refractivity contribution < 1.29 is 18.7 Å². The molecule has 0 aliphatic heterocycles. The minimum atomic E-state index is -1.13. The molecule has 0 heterocycles. The van der Waals surface area contributed by atoms with Crippen LogP contribution in [0.1, 0.15) is 17.0 Å². The Hall–Kier alpha value is -2.23. The molecule has 0 saturated carbocycles. The molecule has 0 saturated heterocycles. The minimum absolute atomic E-state index is 0.0496. The molecule has 4 heteroatoms. The molecule has 2 rings (SSSR count). The van der Waals surface area contributed by atoms with Gasteiger partial charge in [-0.2, -0.15) is 0 Å². The van der Waals surface area contributed by atoms with E-state index < -0.39 is 23.5 Å². The van der Waals surface area contributed by atoms with Crippen LogP contribution in [0, 0.1) is 11.6 Å². The van der Waals surface area contributed by atoms with E-state index in [9.17, 15) is 18.7 Å². The molecule has 1 N–H and O–H groups in total. The Morgan fingerprint density at radius 1 is 1.11 bits per heavy atom. The summed E-state index contributed by atoms with van der Waals surface area (Å²) in [4.78, 5) is 11.3. The van der Waals surface area contributed by atoms with Crippen molar-refractivity contribution in [2.24, 2.45) is 0 Å². The van der Waals surface area contributed by atoms with Crippen LogP contribution in [-0.4, -0.2) is 11.1 Å². The predicted octanol–water partition coefficient (Wildman–Crippen LogP) is 3.38. The Kier molecular flexibility index (Phi) is 3.90. The van der Waals surface area contributed by atoms with Crippen molar-refractivity contribution in [2.45, 2.75) is 12.3 Å². The van der Waals surface area contributed by atoms with E-state index in [-0.39, 0.29) is 12.0 Å². The zero-order valence-corrected chi connectivity index (χ0v) is 10.0. The first-order chi connectivity index (χ1) is 9.08. The summed E-state index contributed by atoms with van der Waals surface area (Å²) < 4.78 is 26.7. The predicted molar refractivity (Wildman–Crippen MR) is 66.9 cm³/mol. The zero-order valence-electron chi connectivity index (χ0n) is 10.0. The topological polar surface area (TPSA) is 37.3 Å². The molecule has 2 aromatic rings. The Labute approximate surface area is 109 Å². The quantitative estimate of drug-likeness (QED) is 0.917. The SMILES string of the molecule is O=C(O)C(Cc1cccc(F)c1)c1ccccc1F. The van der Waals surface area contributed by atoms with Gasteiger partial charge in [-0.1, -0.05) is 30.3 Å². The summed E-state index contributed by atoms with van der Waals surface area (Å²) in [5, 5.41) is 9.22. The highest BCUT2D eigenvalue weighted by Gasteiger charge is 2.23. The molecule has 0 amide bonds. The molecule has 1 unspecified atom stereocenters. The molecule has 2 nitrogen and oxygen atoms in total. The normalized spacial score (nSPS) is 12.1. The molecule has 0 aliphatic carbocycles. The van der Waals surface area contributed by atoms with Gasteiger partial charge < -0.3 is 5.11 Å². The van der Waals surface area contributed by atoms with E-state index in [1.54, 1.807) is 12.1 Å². The lowest BCUT2D eigenvalue weighted by atomic mass is 9.91. The highest BCUT2D eigenvalue weighted by atomic mass is 19.1. The number of rotatable bonds is 4. The molecule has 0 aromatic heterocycles. The van der Waals surface area contributed by atoms with Crippen molar-refractivity contribution in [2.75, 3.05) is 0 Å². The van der Waals surface area contributed by atoms with Crippen molar-refractivity contribution in [3.63, 3.8) is 0 Å². The first kappa shape index (κ1) is 13.2. The molecule has 0 fully saturated rings. The van der Waals surface area contributed by atoms with Gasteiger partial charge in [0.25, 0.3) is 0 Å². The number of carboxylic acids is 1. The summed E-state index contributed by atoms with van der Waals surface area (Å²) in [7, 11) is 0. The summed E-state index contributed by atoms with van der Waals surface area (Å²) in [6.07, 6.45) is 0.0496. The monoisotopic (exact) mass is 262 g/mol. The molecular weight excluding hydrogens is 250 g/mol. The van der Waals surface area contributed by atoms with Gasteiger partial charge in [-0.05, 0) is 30.2 Å². The first-order valence-electron chi connectivity index (χ1n) is 5.79. The van der Waals surface area contributed by atoms with Crippen LogP contribution < -0.4 is 0 Å². The molecular formula is C15H12F2O2. The third kappa shape index (κ3) is 3.16. The number of carboxylic acid groups (broad SMARTS) is 1. The second-order valence-electron chi connectivity index (χ2n) is 4.25. The smallest absolute Gasteiger partial charge is 0.311 e. The molecule has 0 radical (unpaired) electrons. The highest BCUT2D eigenvalue weighted by Crippen LogP contribution is 2.24. The first-order valence-corrected chi connectivity index (χ1v) is 5.79. The van der Waals surface area contributed by atoms with Gasteiger partial charge >= 0.3 is 5.97 Å². The number of carbonyl (C=O) groups is 1. The summed E-state index contributed by atoms with van der Waals surface area (Å²) in [5.41, 5.74) is 0.634. The summed E-state index contributed by atoms with van der Waals surface area (Å²) in [6, 6.07) is 11.4. The van der Waals surface area contributed by atoms with E-state index in [1.165, 1.54) is 36.4 Å². The second-order valence-corrected chi connectivity index (χ2v) is 4.25. The van der Waals surface area contributed by atoms with Gasteiger partial charge in [0.2, 0.25) is 0 Å². The highest BCUT2D eigenvalue weighted by molar-refractivity contribution is 5.76. The van der Waals surface area contributed by atoms with Gasteiger partial charge in [0.15, 0.2) is 0 Å². The maximum atomic E-state index is 13.6. The average molecular weight is 262 g/mol. The Morgan fingerprint density at radius 3 is 2.47 bits per heavy atom. The number of hydrogen-bond acceptors (Lipinski definition) is 1. The largest absolute Gasteiger partial charge is 0.481 e. The molecule has 98 valence electrons. The molecule has 2 aromatic carbocycles. The van der Waals surface area contributed by atoms with E-state index in [4.69, 9.17) is 0 Å². The standard InChI is InChI=1S/C15H12F2O2/c16-11-5-3-4-10(8-11)9-13(15(18)19)12-6-1-2-7-14(12)17/h1-8,13H,9H2,(H,18,19). The summed E-state index contributed by atoms with van der Waals surface area (Å²) in [6.45, 7) is 0. The molecule has 19 heavy (non-hydrogen) atoms. The lowest BCUT2D eigenvalue weighted by Crippen LogP contribution is -2.16. The van der Waals surface area contributed by atoms with Crippen molar-refractivity contribution in [1.82, 2.24) is 0 Å². The van der Waals surface area contributed by atoms with E-state index in [1.807, 2.05) is 0 Å². The van der Waals surface area contributed by atoms with Crippen LogP contribution in [0.15, 0.2) is 48.5 Å². The molecule has 1 atom stereocenters. The fraction of sp³-hybridized carbons (Fsp3) is 0.133. The van der Waals surface area contributed by atoms with Crippen LogP contribution >= 0.6 is 0 Å². The van der Waals surface area contributed by atoms with Gasteiger partial charge in [-0.3, -0.25) is 4.79 Å². The van der Waals surface area contributed by atoms with Crippen LogP contribution in [0.2, 0.25) is 0 Å². The minimum Gasteiger partial charge on any atom is -0.481 e. The fourth-order valence-electron chi connectivity index (χ4n) is 1.99. The van der Waals surface area contributed by atoms with Crippen molar-refractivity contribution in [1.29, 1.82) is 0 Å². The van der Waals surface area contributed by atoms with Crippen molar-refractivity contribution >= 4 is 5.97 Å². The van der Waals surface area contributed by atoms with Crippen molar-refractivity contribution in [3.8, 4) is 0 Å². The van der Waals surface area contributed by atoms with Crippen LogP contribution in [0.3, 0.4) is 0 Å². The van der Waals surface area contributed by atoms with Gasteiger partial charge in [-0.25, -0.2) is 8.78 Å². The third-order valence-electron chi connectivity index (χ3n) is 2.91. The number of benzene rings is 2. The van der Waals surface area contributed by atoms with Gasteiger partial charge in [0.1, 0.15) is 11.6 Å². The second kappa shape index (κ2) is 5.61.